The first-order chi connectivity index (χ1) is 16.1. The van der Waals surface area contributed by atoms with Crippen molar-refractivity contribution < 1.29 is 35.9 Å². The molecule has 0 N–H and O–H groups in total. The zero-order chi connectivity index (χ0) is 24.5. The van der Waals surface area contributed by atoms with Crippen LogP contribution in [0.25, 0.3) is 10.9 Å². The zero-order valence-corrected chi connectivity index (χ0v) is 17.1. The lowest BCUT2D eigenvalue weighted by Crippen LogP contribution is -2.18. The predicted octanol–water partition coefficient (Wildman–Crippen LogP) is 6.61. The number of ether oxygens (including phenoxy) is 1. The molecule has 174 valence electrons. The molecule has 0 fully saturated rings. The number of halogens is 6. The number of nitrogens with zero attached hydrogens (tertiary/aromatic N) is 2. The van der Waals surface area contributed by atoms with Gasteiger partial charge in [-0.3, -0.25) is 4.98 Å². The van der Waals surface area contributed by atoms with Gasteiger partial charge in [0.05, 0.1) is 22.3 Å². The van der Waals surface area contributed by atoms with Crippen LogP contribution in [0.1, 0.15) is 39.0 Å². The van der Waals surface area contributed by atoms with Crippen molar-refractivity contribution in [2.24, 2.45) is 0 Å². The lowest BCUT2D eigenvalue weighted by atomic mass is 9.97. The van der Waals surface area contributed by atoms with Crippen LogP contribution in [0.3, 0.4) is 0 Å². The number of pyridine rings is 2. The highest BCUT2D eigenvalue weighted by molar-refractivity contribution is 5.91. The number of esters is 1. The van der Waals surface area contributed by atoms with E-state index in [0.717, 1.165) is 6.07 Å². The van der Waals surface area contributed by atoms with Crippen LogP contribution in [-0.4, -0.2) is 15.9 Å². The third-order valence-electron chi connectivity index (χ3n) is 4.94. The molecule has 0 aliphatic heterocycles. The molecule has 0 aliphatic rings. The summed E-state index contributed by atoms with van der Waals surface area (Å²) in [5, 5.41) is -0.251. The number of hydrogen-bond acceptors (Lipinski definition) is 4. The van der Waals surface area contributed by atoms with E-state index in [9.17, 15) is 31.1 Å². The largest absolute Gasteiger partial charge is 0.447 e. The number of carbonyl (C=O) groups excluding carboxylic acids is 1. The summed E-state index contributed by atoms with van der Waals surface area (Å²) in [4.78, 5) is 20.1. The number of para-hydroxylation sites is 1. The van der Waals surface area contributed by atoms with E-state index < -0.39 is 41.2 Å². The minimum absolute atomic E-state index is 0.0322. The lowest BCUT2D eigenvalue weighted by molar-refractivity contribution is -0.142. The van der Waals surface area contributed by atoms with E-state index in [1.807, 2.05) is 0 Å². The summed E-state index contributed by atoms with van der Waals surface area (Å²) in [7, 11) is 0. The molecule has 4 aromatic rings. The third-order valence-corrected chi connectivity index (χ3v) is 4.94. The molecular weight excluding hydrogens is 462 g/mol. The average molecular weight is 476 g/mol. The molecule has 0 saturated heterocycles. The summed E-state index contributed by atoms with van der Waals surface area (Å²) in [5.74, 6) is -0.887. The Labute approximate surface area is 188 Å². The Balaban J connectivity index is 1.98. The molecular formula is C24H14F6N2O2. The second-order valence-corrected chi connectivity index (χ2v) is 7.20. The van der Waals surface area contributed by atoms with Gasteiger partial charge < -0.3 is 4.74 Å². The highest BCUT2D eigenvalue weighted by atomic mass is 19.4. The molecule has 2 heterocycles. The van der Waals surface area contributed by atoms with Crippen LogP contribution in [0.5, 0.6) is 0 Å². The van der Waals surface area contributed by atoms with Gasteiger partial charge in [0.25, 0.3) is 0 Å². The maximum absolute atomic E-state index is 13.7. The smallest absolute Gasteiger partial charge is 0.433 e. The van der Waals surface area contributed by atoms with Gasteiger partial charge in [0.1, 0.15) is 5.69 Å². The third kappa shape index (κ3) is 4.70. The van der Waals surface area contributed by atoms with Crippen LogP contribution in [0, 0.1) is 0 Å². The van der Waals surface area contributed by atoms with Crippen LogP contribution in [0.2, 0.25) is 0 Å². The van der Waals surface area contributed by atoms with E-state index >= 15 is 0 Å². The quantitative estimate of drug-likeness (QED) is 0.246. The lowest BCUT2D eigenvalue weighted by Gasteiger charge is -2.22. The SMILES string of the molecule is O=C(OC(c1ccccn1)c1cc(C(F)(F)F)nc2c(C(F)(F)F)cccc12)c1ccccc1. The fraction of sp³-hybridized carbons (Fsp3) is 0.125. The number of hydrogen-bond donors (Lipinski definition) is 0. The van der Waals surface area contributed by atoms with E-state index in [4.69, 9.17) is 4.74 Å². The summed E-state index contributed by atoms with van der Waals surface area (Å²) in [6.45, 7) is 0. The number of rotatable bonds is 4. The van der Waals surface area contributed by atoms with Crippen LogP contribution < -0.4 is 0 Å². The molecule has 0 bridgehead atoms. The van der Waals surface area contributed by atoms with Gasteiger partial charge in [-0.1, -0.05) is 36.4 Å². The van der Waals surface area contributed by atoms with Crippen LogP contribution in [-0.2, 0) is 17.1 Å². The molecule has 0 amide bonds. The molecule has 0 radical (unpaired) electrons. The molecule has 1 atom stereocenters. The molecule has 4 rings (SSSR count). The van der Waals surface area contributed by atoms with Crippen molar-refractivity contribution in [3.05, 3.63) is 107 Å². The van der Waals surface area contributed by atoms with E-state index in [1.54, 1.807) is 18.2 Å². The Kier molecular flexibility index (Phi) is 5.99. The van der Waals surface area contributed by atoms with Gasteiger partial charge in [-0.05, 0) is 36.4 Å². The Hall–Kier alpha value is -3.95. The topological polar surface area (TPSA) is 52.1 Å². The van der Waals surface area contributed by atoms with Crippen molar-refractivity contribution >= 4 is 16.9 Å². The molecule has 0 spiro atoms. The molecule has 34 heavy (non-hydrogen) atoms. The Morgan fingerprint density at radius 1 is 0.824 bits per heavy atom. The van der Waals surface area contributed by atoms with Gasteiger partial charge in [0.15, 0.2) is 6.10 Å². The number of aromatic nitrogens is 2. The molecule has 2 aromatic heterocycles. The maximum atomic E-state index is 13.7. The summed E-state index contributed by atoms with van der Waals surface area (Å²) >= 11 is 0. The molecule has 1 unspecified atom stereocenters. The fourth-order valence-electron chi connectivity index (χ4n) is 3.43. The predicted molar refractivity (Wildman–Crippen MR) is 110 cm³/mol. The molecule has 2 aromatic carbocycles. The van der Waals surface area contributed by atoms with Crippen LogP contribution in [0.15, 0.2) is 79.0 Å². The highest BCUT2D eigenvalue weighted by Crippen LogP contribution is 2.40. The number of fused-ring (bicyclic) bond motifs is 1. The maximum Gasteiger partial charge on any atom is 0.433 e. The minimum Gasteiger partial charge on any atom is -0.447 e. The zero-order valence-electron chi connectivity index (χ0n) is 17.1. The fourth-order valence-corrected chi connectivity index (χ4v) is 3.43. The Morgan fingerprint density at radius 3 is 2.15 bits per heavy atom. The standard InChI is InChI=1S/C24H14F6N2O2/c25-23(26,27)17-10-6-9-15-16(13-19(24(28,29)30)32-20(15)17)21(18-11-4-5-12-31-18)34-22(33)14-7-2-1-3-8-14/h1-13,21H. The minimum atomic E-state index is -5.06. The Morgan fingerprint density at radius 2 is 1.53 bits per heavy atom. The molecule has 10 heteroatoms. The Bertz CT molecular complexity index is 1320. The first kappa shape index (κ1) is 23.2. The van der Waals surface area contributed by atoms with E-state index in [0.29, 0.717) is 12.1 Å². The van der Waals surface area contributed by atoms with E-state index in [2.05, 4.69) is 9.97 Å². The van der Waals surface area contributed by atoms with Crippen LogP contribution in [0.4, 0.5) is 26.3 Å². The van der Waals surface area contributed by atoms with Crippen molar-refractivity contribution in [1.82, 2.24) is 9.97 Å². The molecule has 4 nitrogen and oxygen atoms in total. The van der Waals surface area contributed by atoms with Gasteiger partial charge in [-0.2, -0.15) is 26.3 Å². The number of benzene rings is 2. The van der Waals surface area contributed by atoms with Crippen molar-refractivity contribution in [1.29, 1.82) is 0 Å². The van der Waals surface area contributed by atoms with Gasteiger partial charge in [0.2, 0.25) is 0 Å². The van der Waals surface area contributed by atoms with Gasteiger partial charge >= 0.3 is 18.3 Å². The highest BCUT2D eigenvalue weighted by Gasteiger charge is 2.39. The average Bonchev–Trinajstić information content (AvgIpc) is 2.81. The second kappa shape index (κ2) is 8.77. The monoisotopic (exact) mass is 476 g/mol. The van der Waals surface area contributed by atoms with Crippen molar-refractivity contribution in [3.63, 3.8) is 0 Å². The second-order valence-electron chi connectivity index (χ2n) is 7.20. The van der Waals surface area contributed by atoms with Gasteiger partial charge in [0, 0.05) is 17.1 Å². The summed E-state index contributed by atoms with van der Waals surface area (Å²) in [5.41, 5.74) is -3.99. The first-order valence-electron chi connectivity index (χ1n) is 9.80. The van der Waals surface area contributed by atoms with Crippen molar-refractivity contribution in [3.8, 4) is 0 Å². The van der Waals surface area contributed by atoms with Crippen molar-refractivity contribution in [2.45, 2.75) is 18.5 Å². The summed E-state index contributed by atoms with van der Waals surface area (Å²) < 4.78 is 87.3. The molecule has 0 saturated carbocycles. The normalized spacial score (nSPS) is 13.0. The van der Waals surface area contributed by atoms with Crippen LogP contribution >= 0.6 is 0 Å². The van der Waals surface area contributed by atoms with Crippen molar-refractivity contribution in [2.75, 3.05) is 0 Å². The molecule has 0 aliphatic carbocycles. The first-order valence-corrected chi connectivity index (χ1v) is 9.80. The number of alkyl halides is 6. The summed E-state index contributed by atoms with van der Waals surface area (Å²) in [6, 6.07) is 15.6. The van der Waals surface area contributed by atoms with E-state index in [-0.39, 0.29) is 22.2 Å². The summed E-state index contributed by atoms with van der Waals surface area (Å²) in [6.07, 6.45) is -10.2. The van der Waals surface area contributed by atoms with E-state index in [1.165, 1.54) is 42.6 Å². The van der Waals surface area contributed by atoms with Gasteiger partial charge in [-0.15, -0.1) is 0 Å². The van der Waals surface area contributed by atoms with Gasteiger partial charge in [-0.25, -0.2) is 9.78 Å². The number of carbonyl (C=O) groups is 1.